The van der Waals surface area contributed by atoms with Crippen LogP contribution in [-0.4, -0.2) is 65.4 Å². The molecule has 2 aliphatic rings. The maximum Gasteiger partial charge on any atom is 0.317 e. The molecule has 0 radical (unpaired) electrons. The molecule has 0 aromatic heterocycles. The van der Waals surface area contributed by atoms with E-state index in [0.29, 0.717) is 26.1 Å². The predicted octanol–water partition coefficient (Wildman–Crippen LogP) is 3.53. The zero-order valence-corrected chi connectivity index (χ0v) is 20.5. The number of amides is 4. The monoisotopic (exact) mass is 436 g/mol. The van der Waals surface area contributed by atoms with E-state index in [2.05, 4.69) is 10.6 Å². The molecular formula is C24H44N4O3. The Morgan fingerprint density at radius 1 is 1.06 bits per heavy atom. The summed E-state index contributed by atoms with van der Waals surface area (Å²) in [5.41, 5.74) is -0.126. The Morgan fingerprint density at radius 3 is 2.26 bits per heavy atom. The SMILES string of the molecule is CCC(C)C(NC(=O)CC(C)(C)C)C(=O)N1CCN(C(=O)NC2CCCCC2)C(C)C1. The number of piperazine rings is 1. The number of carbonyl (C=O) groups excluding carboxylic acids is 3. The Hall–Kier alpha value is -1.79. The van der Waals surface area contributed by atoms with Gasteiger partial charge in [-0.3, -0.25) is 9.59 Å². The van der Waals surface area contributed by atoms with Crippen molar-refractivity contribution in [1.82, 2.24) is 20.4 Å². The molecule has 1 heterocycles. The van der Waals surface area contributed by atoms with Crippen molar-refractivity contribution in [3.8, 4) is 0 Å². The molecule has 178 valence electrons. The highest BCUT2D eigenvalue weighted by Crippen LogP contribution is 2.21. The molecule has 0 spiro atoms. The molecule has 3 unspecified atom stereocenters. The fourth-order valence-electron chi connectivity index (χ4n) is 4.55. The first-order chi connectivity index (χ1) is 14.5. The topological polar surface area (TPSA) is 81.8 Å². The summed E-state index contributed by atoms with van der Waals surface area (Å²) in [5, 5.41) is 6.19. The molecule has 31 heavy (non-hydrogen) atoms. The van der Waals surface area contributed by atoms with E-state index in [-0.39, 0.29) is 41.3 Å². The third-order valence-electron chi connectivity index (χ3n) is 6.62. The van der Waals surface area contributed by atoms with Gasteiger partial charge in [0.05, 0.1) is 0 Å². The third kappa shape index (κ3) is 7.69. The van der Waals surface area contributed by atoms with E-state index >= 15 is 0 Å². The predicted molar refractivity (Wildman–Crippen MR) is 124 cm³/mol. The summed E-state index contributed by atoms with van der Waals surface area (Å²) in [5.74, 6) is -0.0557. The Labute approximate surface area is 188 Å². The smallest absolute Gasteiger partial charge is 0.317 e. The summed E-state index contributed by atoms with van der Waals surface area (Å²) in [6, 6.07) is -0.303. The summed E-state index contributed by atoms with van der Waals surface area (Å²) in [4.78, 5) is 42.3. The third-order valence-corrected chi connectivity index (χ3v) is 6.62. The molecule has 3 atom stereocenters. The standard InChI is InChI=1S/C24H44N4O3/c1-7-17(2)21(26-20(29)15-24(4,5)6)22(30)27-13-14-28(18(3)16-27)23(31)25-19-11-9-8-10-12-19/h17-19,21H,7-16H2,1-6H3,(H,25,31)(H,26,29). The van der Waals surface area contributed by atoms with Gasteiger partial charge in [-0.25, -0.2) is 4.79 Å². The molecule has 7 heteroatoms. The van der Waals surface area contributed by atoms with E-state index in [1.165, 1.54) is 19.3 Å². The first kappa shape index (κ1) is 25.5. The molecule has 2 rings (SSSR count). The summed E-state index contributed by atoms with van der Waals surface area (Å²) in [6.45, 7) is 13.6. The van der Waals surface area contributed by atoms with E-state index in [4.69, 9.17) is 0 Å². The number of hydrogen-bond acceptors (Lipinski definition) is 3. The van der Waals surface area contributed by atoms with Gasteiger partial charge in [0, 0.05) is 38.1 Å². The molecule has 0 bridgehead atoms. The van der Waals surface area contributed by atoms with Crippen molar-refractivity contribution in [2.75, 3.05) is 19.6 Å². The minimum atomic E-state index is -0.519. The first-order valence-corrected chi connectivity index (χ1v) is 12.2. The van der Waals surface area contributed by atoms with Gasteiger partial charge < -0.3 is 20.4 Å². The quantitative estimate of drug-likeness (QED) is 0.668. The number of hydrogen-bond donors (Lipinski definition) is 2. The molecule has 1 aliphatic heterocycles. The molecule has 4 amide bonds. The van der Waals surface area contributed by atoms with Crippen LogP contribution in [0, 0.1) is 11.3 Å². The van der Waals surface area contributed by atoms with Crippen LogP contribution in [0.2, 0.25) is 0 Å². The minimum absolute atomic E-state index is 0.0107. The van der Waals surface area contributed by atoms with E-state index in [1.54, 1.807) is 0 Å². The van der Waals surface area contributed by atoms with Crippen LogP contribution < -0.4 is 10.6 Å². The molecule has 2 fully saturated rings. The van der Waals surface area contributed by atoms with Gasteiger partial charge in [0.2, 0.25) is 11.8 Å². The molecule has 1 saturated carbocycles. The van der Waals surface area contributed by atoms with Gasteiger partial charge in [0.1, 0.15) is 6.04 Å². The van der Waals surface area contributed by atoms with Crippen LogP contribution in [0.25, 0.3) is 0 Å². The van der Waals surface area contributed by atoms with Crippen molar-refractivity contribution in [3.63, 3.8) is 0 Å². The van der Waals surface area contributed by atoms with Crippen molar-refractivity contribution >= 4 is 17.8 Å². The maximum absolute atomic E-state index is 13.3. The summed E-state index contributed by atoms with van der Waals surface area (Å²) < 4.78 is 0. The average Bonchev–Trinajstić information content (AvgIpc) is 2.70. The van der Waals surface area contributed by atoms with Crippen LogP contribution in [0.1, 0.15) is 86.5 Å². The van der Waals surface area contributed by atoms with Crippen LogP contribution in [0.3, 0.4) is 0 Å². The normalized spacial score (nSPS) is 22.6. The highest BCUT2D eigenvalue weighted by Gasteiger charge is 2.36. The van der Waals surface area contributed by atoms with Gasteiger partial charge in [-0.15, -0.1) is 0 Å². The molecule has 0 aromatic rings. The van der Waals surface area contributed by atoms with E-state index in [1.807, 2.05) is 51.3 Å². The van der Waals surface area contributed by atoms with Crippen LogP contribution in [0.15, 0.2) is 0 Å². The number of nitrogens with zero attached hydrogens (tertiary/aromatic N) is 2. The van der Waals surface area contributed by atoms with Crippen molar-refractivity contribution in [2.45, 2.75) is 105 Å². The van der Waals surface area contributed by atoms with Crippen LogP contribution in [0.4, 0.5) is 4.79 Å². The number of carbonyl (C=O) groups is 3. The molecule has 2 N–H and O–H groups in total. The van der Waals surface area contributed by atoms with Gasteiger partial charge in [-0.05, 0) is 31.1 Å². The first-order valence-electron chi connectivity index (χ1n) is 12.2. The lowest BCUT2D eigenvalue weighted by molar-refractivity contribution is -0.140. The molecule has 7 nitrogen and oxygen atoms in total. The number of nitrogens with one attached hydrogen (secondary N) is 2. The maximum atomic E-state index is 13.3. The van der Waals surface area contributed by atoms with Gasteiger partial charge >= 0.3 is 6.03 Å². The fourth-order valence-corrected chi connectivity index (χ4v) is 4.55. The minimum Gasteiger partial charge on any atom is -0.344 e. The zero-order chi connectivity index (χ0) is 23.2. The fraction of sp³-hybridized carbons (Fsp3) is 0.875. The lowest BCUT2D eigenvalue weighted by Gasteiger charge is -2.42. The lowest BCUT2D eigenvalue weighted by atomic mass is 9.91. The van der Waals surface area contributed by atoms with Crippen LogP contribution in [-0.2, 0) is 9.59 Å². The zero-order valence-electron chi connectivity index (χ0n) is 20.5. The highest BCUT2D eigenvalue weighted by molar-refractivity contribution is 5.88. The second-order valence-corrected chi connectivity index (χ2v) is 10.8. The average molecular weight is 437 g/mol. The Bertz CT molecular complexity index is 625. The highest BCUT2D eigenvalue weighted by atomic mass is 16.2. The van der Waals surface area contributed by atoms with Gasteiger partial charge in [-0.1, -0.05) is 60.3 Å². The van der Waals surface area contributed by atoms with Crippen LogP contribution in [0.5, 0.6) is 0 Å². The molecule has 1 aliphatic carbocycles. The number of rotatable bonds is 6. The molecule has 0 aromatic carbocycles. The van der Waals surface area contributed by atoms with Crippen molar-refractivity contribution in [3.05, 3.63) is 0 Å². The second kappa shape index (κ2) is 11.2. The van der Waals surface area contributed by atoms with Gasteiger partial charge in [0.25, 0.3) is 0 Å². The molecular weight excluding hydrogens is 392 g/mol. The van der Waals surface area contributed by atoms with Gasteiger partial charge in [0.15, 0.2) is 0 Å². The summed E-state index contributed by atoms with van der Waals surface area (Å²) >= 11 is 0. The second-order valence-electron chi connectivity index (χ2n) is 10.8. The van der Waals surface area contributed by atoms with Crippen LogP contribution >= 0.6 is 0 Å². The largest absolute Gasteiger partial charge is 0.344 e. The van der Waals surface area contributed by atoms with E-state index < -0.39 is 6.04 Å². The Kier molecular flexibility index (Phi) is 9.19. The van der Waals surface area contributed by atoms with Crippen molar-refractivity contribution in [2.24, 2.45) is 11.3 Å². The molecule has 1 saturated heterocycles. The Morgan fingerprint density at radius 2 is 1.71 bits per heavy atom. The summed E-state index contributed by atoms with van der Waals surface area (Å²) in [7, 11) is 0. The van der Waals surface area contributed by atoms with Gasteiger partial charge in [-0.2, -0.15) is 0 Å². The van der Waals surface area contributed by atoms with Crippen molar-refractivity contribution in [1.29, 1.82) is 0 Å². The van der Waals surface area contributed by atoms with E-state index in [0.717, 1.165) is 19.3 Å². The van der Waals surface area contributed by atoms with Crippen molar-refractivity contribution < 1.29 is 14.4 Å². The number of urea groups is 1. The van der Waals surface area contributed by atoms with E-state index in [9.17, 15) is 14.4 Å². The Balaban J connectivity index is 1.95. The summed E-state index contributed by atoms with van der Waals surface area (Å²) in [6.07, 6.45) is 6.94. The lowest BCUT2D eigenvalue weighted by Crippen LogP contribution is -2.61.